The zero-order valence-electron chi connectivity index (χ0n) is 18.5. The number of aromatic nitrogens is 2. The van der Waals surface area contributed by atoms with Crippen molar-refractivity contribution in [3.8, 4) is 11.3 Å². The summed E-state index contributed by atoms with van der Waals surface area (Å²) in [4.78, 5) is 13.2. The molecule has 1 heterocycles. The molecule has 0 unspecified atom stereocenters. The van der Waals surface area contributed by atoms with Crippen LogP contribution in [0.1, 0.15) is 42.6 Å². The Morgan fingerprint density at radius 3 is 2.65 bits per heavy atom. The van der Waals surface area contributed by atoms with Crippen molar-refractivity contribution in [2.45, 2.75) is 70.6 Å². The van der Waals surface area contributed by atoms with Gasteiger partial charge in [-0.1, -0.05) is 74.2 Å². The zero-order valence-corrected chi connectivity index (χ0v) is 21.0. The van der Waals surface area contributed by atoms with Gasteiger partial charge in [0.1, 0.15) is 12.4 Å². The lowest BCUT2D eigenvalue weighted by Crippen LogP contribution is -2.37. The minimum atomic E-state index is -1.22. The van der Waals surface area contributed by atoms with E-state index >= 15 is 0 Å². The third-order valence-electron chi connectivity index (χ3n) is 5.56. The summed E-state index contributed by atoms with van der Waals surface area (Å²) in [6.07, 6.45) is 5.44. The van der Waals surface area contributed by atoms with E-state index in [-0.39, 0.29) is 24.4 Å². The molecule has 0 spiro atoms. The minimum absolute atomic E-state index is 0.153. The minimum Gasteiger partial charge on any atom is -0.395 e. The first-order valence-electron chi connectivity index (χ1n) is 10.9. The fraction of sp³-hybridized carbons (Fsp3) is 0.545. The first-order chi connectivity index (χ1) is 14.7. The Kier molecular flexibility index (Phi) is 8.07. The zero-order chi connectivity index (χ0) is 22.6. The molecule has 1 saturated carbocycles. The fourth-order valence-corrected chi connectivity index (χ4v) is 4.87. The molecular weight excluding hydrogens is 451 g/mol. The first-order valence-corrected chi connectivity index (χ1v) is 15.3. The summed E-state index contributed by atoms with van der Waals surface area (Å²) < 4.78 is 7.42. The lowest BCUT2D eigenvalue weighted by atomic mass is 9.95. The molecule has 1 aromatic heterocycles. The van der Waals surface area contributed by atoms with Crippen molar-refractivity contribution in [2.75, 3.05) is 12.3 Å². The maximum Gasteiger partial charge on any atom is 0.272 e. The van der Waals surface area contributed by atoms with Crippen LogP contribution in [0.15, 0.2) is 18.2 Å². The van der Waals surface area contributed by atoms with Gasteiger partial charge in [0.05, 0.1) is 15.7 Å². The van der Waals surface area contributed by atoms with E-state index in [1.54, 1.807) is 22.9 Å². The highest BCUT2D eigenvalue weighted by Gasteiger charge is 2.26. The van der Waals surface area contributed by atoms with Crippen molar-refractivity contribution in [1.29, 1.82) is 0 Å². The SMILES string of the molecule is C[Si](C)(C)CCOCn1nc(-c2cccc(Cl)c2Cl)c(N)c1C(=O)NC1CCCCC1. The molecule has 9 heteroatoms. The lowest BCUT2D eigenvalue weighted by molar-refractivity contribution is 0.0715. The molecule has 0 bridgehead atoms. The molecule has 1 amide bonds. The molecule has 0 atom stereocenters. The van der Waals surface area contributed by atoms with Gasteiger partial charge >= 0.3 is 0 Å². The Morgan fingerprint density at radius 1 is 1.26 bits per heavy atom. The Morgan fingerprint density at radius 2 is 1.97 bits per heavy atom. The summed E-state index contributed by atoms with van der Waals surface area (Å²) in [5.41, 5.74) is 8.07. The van der Waals surface area contributed by atoms with Crippen LogP contribution in [0.3, 0.4) is 0 Å². The van der Waals surface area contributed by atoms with Gasteiger partial charge < -0.3 is 15.8 Å². The normalized spacial score (nSPS) is 15.3. The van der Waals surface area contributed by atoms with Gasteiger partial charge in [0.2, 0.25) is 0 Å². The molecule has 0 saturated heterocycles. The summed E-state index contributed by atoms with van der Waals surface area (Å²) in [7, 11) is -1.22. The van der Waals surface area contributed by atoms with Crippen molar-refractivity contribution in [3.63, 3.8) is 0 Å². The number of carbonyl (C=O) groups excluding carboxylic acids is 1. The van der Waals surface area contributed by atoms with E-state index in [9.17, 15) is 4.79 Å². The molecule has 1 aliphatic carbocycles. The average molecular weight is 484 g/mol. The third-order valence-corrected chi connectivity index (χ3v) is 8.08. The Balaban J connectivity index is 1.89. The number of carbonyl (C=O) groups is 1. The number of nitrogen functional groups attached to an aromatic ring is 1. The summed E-state index contributed by atoms with van der Waals surface area (Å²) >= 11 is 12.6. The van der Waals surface area contributed by atoms with Crippen LogP contribution in [0.4, 0.5) is 5.69 Å². The quantitative estimate of drug-likeness (QED) is 0.367. The van der Waals surface area contributed by atoms with E-state index in [4.69, 9.17) is 33.7 Å². The Hall–Kier alpha value is -1.54. The molecule has 3 rings (SSSR count). The highest BCUT2D eigenvalue weighted by atomic mass is 35.5. The second kappa shape index (κ2) is 10.4. The Bertz CT molecular complexity index is 921. The van der Waals surface area contributed by atoms with Crippen LogP contribution in [0, 0.1) is 0 Å². The highest BCUT2D eigenvalue weighted by Crippen LogP contribution is 2.37. The van der Waals surface area contributed by atoms with Crippen LogP contribution >= 0.6 is 23.2 Å². The number of amides is 1. The number of nitrogens with one attached hydrogen (secondary N) is 1. The number of hydrogen-bond acceptors (Lipinski definition) is 4. The molecule has 2 aromatic rings. The van der Waals surface area contributed by atoms with Crippen LogP contribution in [0.25, 0.3) is 11.3 Å². The van der Waals surface area contributed by atoms with Crippen LogP contribution < -0.4 is 11.1 Å². The third kappa shape index (κ3) is 6.25. The number of hydrogen-bond donors (Lipinski definition) is 2. The van der Waals surface area contributed by atoms with Gasteiger partial charge in [-0.05, 0) is 25.0 Å². The van der Waals surface area contributed by atoms with Crippen molar-refractivity contribution in [1.82, 2.24) is 15.1 Å². The van der Waals surface area contributed by atoms with Gasteiger partial charge in [-0.25, -0.2) is 4.68 Å². The maximum atomic E-state index is 13.2. The standard InChI is InChI=1S/C22H32Cl2N4O2Si/c1-31(2,3)13-12-30-14-28-21(22(29)26-15-8-5-4-6-9-15)19(25)20(27-28)16-10-7-11-17(23)18(16)24/h7,10-11,15H,4-6,8-9,12-14,25H2,1-3H3,(H,26,29). The van der Waals surface area contributed by atoms with Crippen molar-refractivity contribution in [2.24, 2.45) is 0 Å². The molecular formula is C22H32Cl2N4O2Si. The molecule has 3 N–H and O–H groups in total. The molecule has 1 aromatic carbocycles. The van der Waals surface area contributed by atoms with E-state index in [1.807, 2.05) is 0 Å². The van der Waals surface area contributed by atoms with Crippen LogP contribution in [0.2, 0.25) is 35.7 Å². The van der Waals surface area contributed by atoms with E-state index in [1.165, 1.54) is 6.42 Å². The van der Waals surface area contributed by atoms with Crippen molar-refractivity contribution >= 4 is 42.9 Å². The summed E-state index contributed by atoms with van der Waals surface area (Å²) in [6, 6.07) is 6.48. The topological polar surface area (TPSA) is 82.2 Å². The summed E-state index contributed by atoms with van der Waals surface area (Å²) in [5, 5.41) is 8.51. The molecule has 170 valence electrons. The van der Waals surface area contributed by atoms with Gasteiger partial charge in [0.15, 0.2) is 5.69 Å². The van der Waals surface area contributed by atoms with Crippen LogP contribution in [0.5, 0.6) is 0 Å². The number of rotatable bonds is 8. The molecule has 1 aliphatic rings. The van der Waals surface area contributed by atoms with Crippen LogP contribution in [-0.4, -0.2) is 36.4 Å². The fourth-order valence-electron chi connectivity index (χ4n) is 3.72. The van der Waals surface area contributed by atoms with Gasteiger partial charge in [0, 0.05) is 26.3 Å². The van der Waals surface area contributed by atoms with E-state index in [0.717, 1.165) is 31.7 Å². The molecule has 0 radical (unpaired) electrons. The van der Waals surface area contributed by atoms with Gasteiger partial charge in [-0.2, -0.15) is 5.10 Å². The monoisotopic (exact) mass is 482 g/mol. The second-order valence-corrected chi connectivity index (χ2v) is 15.8. The highest BCUT2D eigenvalue weighted by molar-refractivity contribution is 6.76. The smallest absolute Gasteiger partial charge is 0.272 e. The number of benzene rings is 1. The number of ether oxygens (including phenoxy) is 1. The molecule has 1 fully saturated rings. The average Bonchev–Trinajstić information content (AvgIpc) is 3.03. The van der Waals surface area contributed by atoms with Crippen LogP contribution in [-0.2, 0) is 11.5 Å². The van der Waals surface area contributed by atoms with E-state index < -0.39 is 8.07 Å². The number of halogens is 2. The largest absolute Gasteiger partial charge is 0.395 e. The van der Waals surface area contributed by atoms with Gasteiger partial charge in [0.25, 0.3) is 5.91 Å². The van der Waals surface area contributed by atoms with E-state index in [2.05, 4.69) is 30.1 Å². The number of nitrogens with two attached hydrogens (primary N) is 1. The molecule has 6 nitrogen and oxygen atoms in total. The summed E-state index contributed by atoms with van der Waals surface area (Å²) in [5.74, 6) is -0.227. The maximum absolute atomic E-state index is 13.2. The number of anilines is 1. The lowest BCUT2D eigenvalue weighted by Gasteiger charge is -2.23. The number of nitrogens with zero attached hydrogens (tertiary/aromatic N) is 2. The van der Waals surface area contributed by atoms with Crippen molar-refractivity contribution < 1.29 is 9.53 Å². The molecule has 31 heavy (non-hydrogen) atoms. The second-order valence-electron chi connectivity index (χ2n) is 9.37. The van der Waals surface area contributed by atoms with E-state index in [0.29, 0.717) is 33.6 Å². The van der Waals surface area contributed by atoms with Gasteiger partial charge in [-0.15, -0.1) is 0 Å². The summed E-state index contributed by atoms with van der Waals surface area (Å²) in [6.45, 7) is 7.66. The van der Waals surface area contributed by atoms with Crippen molar-refractivity contribution in [3.05, 3.63) is 33.9 Å². The van der Waals surface area contributed by atoms with Gasteiger partial charge in [-0.3, -0.25) is 4.79 Å². The Labute approximate surface area is 195 Å². The first kappa shape index (κ1) is 24.1. The predicted molar refractivity (Wildman–Crippen MR) is 131 cm³/mol. The predicted octanol–water partition coefficient (Wildman–Crippen LogP) is 5.81. The molecule has 0 aliphatic heterocycles.